The van der Waals surface area contributed by atoms with Crippen molar-refractivity contribution in [3.05, 3.63) is 66.2 Å². The first-order valence-corrected chi connectivity index (χ1v) is 13.0. The van der Waals surface area contributed by atoms with E-state index in [0.717, 1.165) is 16.7 Å². The summed E-state index contributed by atoms with van der Waals surface area (Å²) in [7, 11) is -3.48. The molecule has 2 amide bonds. The van der Waals surface area contributed by atoms with Crippen LogP contribution in [0.1, 0.15) is 17.3 Å². The molecule has 0 aliphatic carbocycles. The van der Waals surface area contributed by atoms with Gasteiger partial charge in [-0.15, -0.1) is 11.3 Å². The van der Waals surface area contributed by atoms with Crippen molar-refractivity contribution >= 4 is 55.7 Å². The Balaban J connectivity index is 1.63. The fourth-order valence-electron chi connectivity index (χ4n) is 2.91. The molecule has 0 unspecified atom stereocenters. The van der Waals surface area contributed by atoms with E-state index in [0.29, 0.717) is 0 Å². The summed E-state index contributed by atoms with van der Waals surface area (Å²) >= 11 is 1.19. The quantitative estimate of drug-likeness (QED) is 0.362. The van der Waals surface area contributed by atoms with Gasteiger partial charge >= 0.3 is 12.1 Å². The second kappa shape index (κ2) is 11.5. The van der Waals surface area contributed by atoms with Crippen LogP contribution in [0.15, 0.2) is 60.7 Å². The molecule has 1 heterocycles. The van der Waals surface area contributed by atoms with Gasteiger partial charge in [-0.05, 0) is 36.8 Å². The predicted molar refractivity (Wildman–Crippen MR) is 134 cm³/mol. The van der Waals surface area contributed by atoms with E-state index >= 15 is 0 Å². The third-order valence-corrected chi connectivity index (χ3v) is 5.99. The van der Waals surface area contributed by atoms with Crippen LogP contribution in [-0.2, 0) is 24.3 Å². The summed E-state index contributed by atoms with van der Waals surface area (Å²) in [4.78, 5) is 37.6. The number of thiophene rings is 1. The number of rotatable bonds is 9. The van der Waals surface area contributed by atoms with Crippen molar-refractivity contribution in [2.24, 2.45) is 0 Å². The molecule has 1 aromatic heterocycles. The zero-order valence-corrected chi connectivity index (χ0v) is 20.5. The average Bonchev–Trinajstić information content (AvgIpc) is 3.21. The van der Waals surface area contributed by atoms with E-state index in [4.69, 9.17) is 9.47 Å². The van der Waals surface area contributed by atoms with Crippen molar-refractivity contribution in [1.29, 1.82) is 0 Å². The maximum atomic E-state index is 12.4. The number of carbonyl (C=O) groups excluding carboxylic acids is 3. The Hall–Kier alpha value is -3.90. The van der Waals surface area contributed by atoms with Crippen molar-refractivity contribution in [3.8, 4) is 10.4 Å². The van der Waals surface area contributed by atoms with E-state index in [-0.39, 0.29) is 28.5 Å². The topological polar surface area (TPSA) is 140 Å². The summed E-state index contributed by atoms with van der Waals surface area (Å²) in [5, 5.41) is 5.28. The minimum atomic E-state index is -3.48. The Bertz CT molecular complexity index is 1320. The highest BCUT2D eigenvalue weighted by Gasteiger charge is 2.20. The zero-order valence-electron chi connectivity index (χ0n) is 18.9. The number of nitrogens with one attached hydrogen (secondary N) is 3. The molecular weight excluding hydrogens is 494 g/mol. The molecule has 0 saturated carbocycles. The normalized spacial score (nSPS) is 10.8. The molecule has 0 aliphatic rings. The molecule has 0 bridgehead atoms. The molecule has 0 aliphatic heterocycles. The smallest absolute Gasteiger partial charge is 0.412 e. The van der Waals surface area contributed by atoms with Gasteiger partial charge in [-0.1, -0.05) is 36.4 Å². The van der Waals surface area contributed by atoms with E-state index < -0.39 is 34.6 Å². The molecule has 0 radical (unpaired) electrons. The molecule has 184 valence electrons. The second-order valence-corrected chi connectivity index (χ2v) is 9.94. The first kappa shape index (κ1) is 25.7. The Morgan fingerprint density at radius 1 is 0.914 bits per heavy atom. The highest BCUT2D eigenvalue weighted by molar-refractivity contribution is 7.92. The van der Waals surface area contributed by atoms with Crippen molar-refractivity contribution in [2.45, 2.75) is 6.92 Å². The van der Waals surface area contributed by atoms with Crippen LogP contribution < -0.4 is 15.4 Å². The van der Waals surface area contributed by atoms with Crippen LogP contribution in [0.2, 0.25) is 0 Å². The van der Waals surface area contributed by atoms with Crippen LogP contribution in [0, 0.1) is 0 Å². The second-order valence-electron chi connectivity index (χ2n) is 7.14. The largest absolute Gasteiger partial charge is 0.462 e. The van der Waals surface area contributed by atoms with E-state index in [2.05, 4.69) is 15.4 Å². The van der Waals surface area contributed by atoms with Gasteiger partial charge < -0.3 is 14.8 Å². The van der Waals surface area contributed by atoms with E-state index in [1.165, 1.54) is 35.6 Å². The van der Waals surface area contributed by atoms with Gasteiger partial charge in [-0.25, -0.2) is 18.0 Å². The van der Waals surface area contributed by atoms with Gasteiger partial charge in [0.1, 0.15) is 5.00 Å². The first-order valence-electron chi connectivity index (χ1n) is 10.3. The zero-order chi connectivity index (χ0) is 25.4. The molecule has 0 spiro atoms. The van der Waals surface area contributed by atoms with Gasteiger partial charge in [0.2, 0.25) is 10.0 Å². The average molecular weight is 518 g/mol. The summed E-state index contributed by atoms with van der Waals surface area (Å²) < 4.78 is 35.0. The molecule has 10 nitrogen and oxygen atoms in total. The van der Waals surface area contributed by atoms with Crippen LogP contribution in [0.3, 0.4) is 0 Å². The van der Waals surface area contributed by atoms with E-state index in [1.807, 2.05) is 30.3 Å². The van der Waals surface area contributed by atoms with Gasteiger partial charge in [0.15, 0.2) is 6.61 Å². The number of hydrogen-bond acceptors (Lipinski definition) is 8. The minimum absolute atomic E-state index is 0.174. The Morgan fingerprint density at radius 3 is 2.31 bits per heavy atom. The molecule has 0 atom stereocenters. The summed E-state index contributed by atoms with van der Waals surface area (Å²) in [6.45, 7) is 1.24. The lowest BCUT2D eigenvalue weighted by molar-refractivity contribution is -0.118. The fraction of sp³-hybridized carbons (Fsp3) is 0.174. The van der Waals surface area contributed by atoms with Gasteiger partial charge in [0.05, 0.1) is 24.1 Å². The number of esters is 1. The molecule has 3 N–H and O–H groups in total. The van der Waals surface area contributed by atoms with Crippen LogP contribution in [0.5, 0.6) is 0 Å². The maximum absolute atomic E-state index is 12.4. The van der Waals surface area contributed by atoms with Crippen LogP contribution in [0.25, 0.3) is 10.4 Å². The summed E-state index contributed by atoms with van der Waals surface area (Å²) in [5.74, 6) is -1.23. The molecule has 0 saturated heterocycles. The summed E-state index contributed by atoms with van der Waals surface area (Å²) in [5.41, 5.74) is 1.58. The van der Waals surface area contributed by atoms with Gasteiger partial charge in [-0.3, -0.25) is 14.8 Å². The number of anilines is 3. The third-order valence-electron chi connectivity index (χ3n) is 4.29. The Kier molecular flexibility index (Phi) is 8.44. The fourth-order valence-corrected chi connectivity index (χ4v) is 4.53. The molecule has 3 rings (SSSR count). The number of carbonyl (C=O) groups is 3. The minimum Gasteiger partial charge on any atom is -0.462 e. The van der Waals surface area contributed by atoms with Crippen LogP contribution in [-0.4, -0.2) is 45.9 Å². The number of hydrogen-bond donors (Lipinski definition) is 3. The van der Waals surface area contributed by atoms with Crippen molar-refractivity contribution < 1.29 is 32.3 Å². The maximum Gasteiger partial charge on any atom is 0.412 e. The standard InChI is InChI=1S/C23H23N3O7S2/c1-3-32-22(28)18-13-19(15-8-5-4-6-9-15)34-21(18)25-20(27)14-33-23(29)24-16-10-7-11-17(12-16)26-35(2,30)31/h4-13,26H,3,14H2,1-2H3,(H,24,29)(H,25,27). The van der Waals surface area contributed by atoms with Gasteiger partial charge in [0, 0.05) is 10.6 Å². The molecular formula is C23H23N3O7S2. The monoisotopic (exact) mass is 517 g/mol. The van der Waals surface area contributed by atoms with Crippen molar-refractivity contribution in [1.82, 2.24) is 0 Å². The lowest BCUT2D eigenvalue weighted by Crippen LogP contribution is -2.24. The Labute approximate surface area is 206 Å². The molecule has 3 aromatic rings. The predicted octanol–water partition coefficient (Wildman–Crippen LogP) is 4.15. The number of amides is 2. The summed E-state index contributed by atoms with van der Waals surface area (Å²) in [6.07, 6.45) is 0.0856. The lowest BCUT2D eigenvalue weighted by atomic mass is 10.1. The van der Waals surface area contributed by atoms with Crippen LogP contribution >= 0.6 is 11.3 Å². The van der Waals surface area contributed by atoms with Crippen LogP contribution in [0.4, 0.5) is 21.2 Å². The van der Waals surface area contributed by atoms with Gasteiger partial charge in [-0.2, -0.15) is 0 Å². The molecule has 12 heteroatoms. The van der Waals surface area contributed by atoms with E-state index in [1.54, 1.807) is 13.0 Å². The highest BCUT2D eigenvalue weighted by Crippen LogP contribution is 2.36. The van der Waals surface area contributed by atoms with Gasteiger partial charge in [0.25, 0.3) is 5.91 Å². The van der Waals surface area contributed by atoms with Crippen molar-refractivity contribution in [3.63, 3.8) is 0 Å². The third kappa shape index (κ3) is 7.83. The highest BCUT2D eigenvalue weighted by atomic mass is 32.2. The SMILES string of the molecule is CCOC(=O)c1cc(-c2ccccc2)sc1NC(=O)COC(=O)Nc1cccc(NS(C)(=O)=O)c1. The van der Waals surface area contributed by atoms with Crippen molar-refractivity contribution in [2.75, 3.05) is 34.8 Å². The lowest BCUT2D eigenvalue weighted by Gasteiger charge is -2.09. The number of benzene rings is 2. The van der Waals surface area contributed by atoms with E-state index in [9.17, 15) is 22.8 Å². The number of sulfonamides is 1. The molecule has 0 fully saturated rings. The summed E-state index contributed by atoms with van der Waals surface area (Å²) in [6, 6.07) is 16.9. The first-order chi connectivity index (χ1) is 16.6. The molecule has 2 aromatic carbocycles. The molecule has 35 heavy (non-hydrogen) atoms. The number of ether oxygens (including phenoxy) is 2. The Morgan fingerprint density at radius 2 is 1.63 bits per heavy atom.